The van der Waals surface area contributed by atoms with E-state index in [-0.39, 0.29) is 24.5 Å². The third kappa shape index (κ3) is 4.87. The number of anilines is 1. The van der Waals surface area contributed by atoms with Gasteiger partial charge in [0.1, 0.15) is 11.4 Å². The summed E-state index contributed by atoms with van der Waals surface area (Å²) in [5.74, 6) is 2.84. The first-order chi connectivity index (χ1) is 14.0. The van der Waals surface area contributed by atoms with Gasteiger partial charge in [0.25, 0.3) is 5.91 Å². The summed E-state index contributed by atoms with van der Waals surface area (Å²) in [6, 6.07) is 5.59. The topological polar surface area (TPSA) is 80.8 Å². The highest BCUT2D eigenvalue weighted by atomic mass is 32.1. The number of hydrogen-bond acceptors (Lipinski definition) is 6. The molecule has 152 valence electrons. The van der Waals surface area contributed by atoms with Crippen LogP contribution in [-0.4, -0.2) is 48.7 Å². The molecule has 0 saturated carbocycles. The van der Waals surface area contributed by atoms with Gasteiger partial charge >= 0.3 is 6.09 Å². The number of benzene rings is 1. The molecule has 0 aliphatic carbocycles. The SMILES string of the molecule is C#CCOC(=O)N1CCC(c2nc(C(=O)Nc3c(C)cccc3OC)cs2)CC1. The number of para-hydroxylation sites is 1. The van der Waals surface area contributed by atoms with Gasteiger partial charge in [0.05, 0.1) is 17.8 Å². The Morgan fingerprint density at radius 2 is 2.14 bits per heavy atom. The molecule has 7 nitrogen and oxygen atoms in total. The van der Waals surface area contributed by atoms with Crippen molar-refractivity contribution in [1.29, 1.82) is 0 Å². The fourth-order valence-electron chi connectivity index (χ4n) is 3.23. The van der Waals surface area contributed by atoms with Crippen LogP contribution in [0.25, 0.3) is 0 Å². The maximum absolute atomic E-state index is 12.7. The molecule has 1 aliphatic rings. The Morgan fingerprint density at radius 3 is 2.83 bits per heavy atom. The quantitative estimate of drug-likeness (QED) is 0.757. The summed E-state index contributed by atoms with van der Waals surface area (Å²) in [5.41, 5.74) is 1.94. The fraction of sp³-hybridized carbons (Fsp3) is 0.381. The monoisotopic (exact) mass is 413 g/mol. The maximum atomic E-state index is 12.7. The smallest absolute Gasteiger partial charge is 0.410 e. The van der Waals surface area contributed by atoms with Crippen LogP contribution in [0.2, 0.25) is 0 Å². The molecule has 1 aromatic carbocycles. The van der Waals surface area contributed by atoms with Crippen molar-refractivity contribution in [1.82, 2.24) is 9.88 Å². The molecule has 0 spiro atoms. The van der Waals surface area contributed by atoms with Gasteiger partial charge in [-0.15, -0.1) is 17.8 Å². The van der Waals surface area contributed by atoms with Crippen molar-refractivity contribution in [2.45, 2.75) is 25.7 Å². The zero-order valence-electron chi connectivity index (χ0n) is 16.4. The van der Waals surface area contributed by atoms with Gasteiger partial charge in [-0.05, 0) is 31.4 Å². The average Bonchev–Trinajstić information content (AvgIpc) is 3.24. The largest absolute Gasteiger partial charge is 0.495 e. The molecule has 0 bridgehead atoms. The molecule has 1 aliphatic heterocycles. The number of aromatic nitrogens is 1. The van der Waals surface area contributed by atoms with Crippen molar-refractivity contribution >= 4 is 29.0 Å². The minimum absolute atomic E-state index is 0.0185. The number of carbonyl (C=O) groups excluding carboxylic acids is 2. The van der Waals surface area contributed by atoms with E-state index in [0.717, 1.165) is 23.4 Å². The van der Waals surface area contributed by atoms with E-state index in [1.165, 1.54) is 11.3 Å². The van der Waals surface area contributed by atoms with Gasteiger partial charge in [0, 0.05) is 24.4 Å². The maximum Gasteiger partial charge on any atom is 0.410 e. The normalized spacial score (nSPS) is 14.2. The number of ether oxygens (including phenoxy) is 2. The van der Waals surface area contributed by atoms with Crippen molar-refractivity contribution in [3.8, 4) is 18.1 Å². The lowest BCUT2D eigenvalue weighted by molar-refractivity contribution is 0.102. The molecule has 2 amide bonds. The van der Waals surface area contributed by atoms with Crippen LogP contribution in [0, 0.1) is 19.3 Å². The molecule has 2 heterocycles. The highest BCUT2D eigenvalue weighted by Gasteiger charge is 2.27. The Hall–Kier alpha value is -3.05. The van der Waals surface area contributed by atoms with E-state index in [1.807, 2.05) is 19.1 Å². The van der Waals surface area contributed by atoms with Crippen LogP contribution in [0.4, 0.5) is 10.5 Å². The van der Waals surface area contributed by atoms with Crippen LogP contribution in [0.3, 0.4) is 0 Å². The summed E-state index contributed by atoms with van der Waals surface area (Å²) in [4.78, 5) is 30.7. The molecular formula is C21H23N3O4S. The fourth-order valence-corrected chi connectivity index (χ4v) is 4.20. The molecule has 0 radical (unpaired) electrons. The predicted molar refractivity (Wildman–Crippen MR) is 112 cm³/mol. The Bertz CT molecular complexity index is 926. The Morgan fingerprint density at radius 1 is 1.38 bits per heavy atom. The molecule has 1 fully saturated rings. The molecule has 29 heavy (non-hydrogen) atoms. The lowest BCUT2D eigenvalue weighted by Gasteiger charge is -2.30. The number of likely N-dealkylation sites (tertiary alicyclic amines) is 1. The van der Waals surface area contributed by atoms with Crippen molar-refractivity contribution in [3.05, 3.63) is 39.8 Å². The Labute approximate surface area is 174 Å². The average molecular weight is 413 g/mol. The minimum atomic E-state index is -0.382. The van der Waals surface area contributed by atoms with Crippen molar-refractivity contribution in [2.75, 3.05) is 32.1 Å². The zero-order chi connectivity index (χ0) is 20.8. The molecule has 1 N–H and O–H groups in total. The number of terminal acetylenes is 1. The van der Waals surface area contributed by atoms with E-state index in [2.05, 4.69) is 16.2 Å². The summed E-state index contributed by atoms with van der Waals surface area (Å²) in [7, 11) is 1.57. The highest BCUT2D eigenvalue weighted by Crippen LogP contribution is 2.32. The van der Waals surface area contributed by atoms with Gasteiger partial charge in [-0.3, -0.25) is 4.79 Å². The van der Waals surface area contributed by atoms with Crippen LogP contribution < -0.4 is 10.1 Å². The van der Waals surface area contributed by atoms with Crippen molar-refractivity contribution in [3.63, 3.8) is 0 Å². The van der Waals surface area contributed by atoms with Gasteiger partial charge in [0.15, 0.2) is 6.61 Å². The third-order valence-corrected chi connectivity index (χ3v) is 5.84. The number of amides is 2. The molecule has 2 aromatic rings. The number of nitrogens with zero attached hydrogens (tertiary/aromatic N) is 2. The number of hydrogen-bond donors (Lipinski definition) is 1. The van der Waals surface area contributed by atoms with E-state index in [9.17, 15) is 9.59 Å². The third-order valence-electron chi connectivity index (χ3n) is 4.83. The van der Waals surface area contributed by atoms with Gasteiger partial charge in [-0.2, -0.15) is 0 Å². The van der Waals surface area contributed by atoms with E-state index >= 15 is 0 Å². The molecule has 1 saturated heterocycles. The standard InChI is InChI=1S/C21H23N3O4S/c1-4-12-28-21(26)24-10-8-15(9-11-24)20-22-16(13-29-20)19(25)23-18-14(2)6-5-7-17(18)27-3/h1,5-7,13,15H,8-12H2,2-3H3,(H,23,25). The number of piperidine rings is 1. The van der Waals surface area contributed by atoms with Gasteiger partial charge in [0.2, 0.25) is 0 Å². The van der Waals surface area contributed by atoms with Crippen LogP contribution in [-0.2, 0) is 4.74 Å². The molecular weight excluding hydrogens is 390 g/mol. The van der Waals surface area contributed by atoms with E-state index in [1.54, 1.807) is 23.5 Å². The molecule has 1 aromatic heterocycles. The molecule has 8 heteroatoms. The van der Waals surface area contributed by atoms with E-state index in [0.29, 0.717) is 30.2 Å². The summed E-state index contributed by atoms with van der Waals surface area (Å²) in [6.45, 7) is 3.05. The van der Waals surface area contributed by atoms with E-state index in [4.69, 9.17) is 15.9 Å². The Kier molecular flexibility index (Phi) is 6.73. The lowest BCUT2D eigenvalue weighted by atomic mass is 9.98. The highest BCUT2D eigenvalue weighted by molar-refractivity contribution is 7.10. The molecule has 0 atom stereocenters. The number of rotatable bonds is 5. The van der Waals surface area contributed by atoms with Crippen molar-refractivity contribution in [2.24, 2.45) is 0 Å². The van der Waals surface area contributed by atoms with Gasteiger partial charge in [-0.1, -0.05) is 18.1 Å². The molecule has 0 unspecified atom stereocenters. The summed E-state index contributed by atoms with van der Waals surface area (Å²) in [5, 5.41) is 5.57. The predicted octanol–water partition coefficient (Wildman–Crippen LogP) is 3.66. The minimum Gasteiger partial charge on any atom is -0.495 e. The summed E-state index contributed by atoms with van der Waals surface area (Å²) < 4.78 is 10.3. The number of thiazole rings is 1. The number of methoxy groups -OCH3 is 1. The second kappa shape index (κ2) is 9.43. The Balaban J connectivity index is 1.61. The van der Waals surface area contributed by atoms with Crippen molar-refractivity contribution < 1.29 is 19.1 Å². The second-order valence-corrected chi connectivity index (χ2v) is 7.59. The second-order valence-electron chi connectivity index (χ2n) is 6.70. The number of nitrogens with one attached hydrogen (secondary N) is 1. The van der Waals surface area contributed by atoms with Gasteiger partial charge < -0.3 is 19.7 Å². The van der Waals surface area contributed by atoms with Gasteiger partial charge in [-0.25, -0.2) is 9.78 Å². The number of aryl methyl sites for hydroxylation is 1. The van der Waals surface area contributed by atoms with Crippen LogP contribution in [0.5, 0.6) is 5.75 Å². The first-order valence-electron chi connectivity index (χ1n) is 9.29. The van der Waals surface area contributed by atoms with E-state index < -0.39 is 0 Å². The number of carbonyl (C=O) groups is 2. The first kappa shape index (κ1) is 20.7. The van der Waals surface area contributed by atoms with Crippen LogP contribution in [0.1, 0.15) is 39.8 Å². The lowest BCUT2D eigenvalue weighted by Crippen LogP contribution is -2.38. The zero-order valence-corrected chi connectivity index (χ0v) is 17.3. The first-order valence-corrected chi connectivity index (χ1v) is 10.2. The molecule has 3 rings (SSSR count). The summed E-state index contributed by atoms with van der Waals surface area (Å²) in [6.07, 6.45) is 6.27. The van der Waals surface area contributed by atoms with Crippen LogP contribution in [0.15, 0.2) is 23.6 Å². The van der Waals surface area contributed by atoms with Crippen LogP contribution >= 0.6 is 11.3 Å². The summed E-state index contributed by atoms with van der Waals surface area (Å²) >= 11 is 1.47.